The third kappa shape index (κ3) is 6.19. The highest BCUT2D eigenvalue weighted by Crippen LogP contribution is 2.18. The van der Waals surface area contributed by atoms with Crippen LogP contribution in [0.4, 0.5) is 13.2 Å². The average molecular weight is 311 g/mol. The summed E-state index contributed by atoms with van der Waals surface area (Å²) in [7, 11) is 0. The number of hydrogen-bond donors (Lipinski definition) is 2. The number of carbonyl (C=O) groups is 1. The molecule has 1 aliphatic rings. The van der Waals surface area contributed by atoms with Crippen molar-refractivity contribution in [1.82, 2.24) is 9.80 Å². The SMILES string of the molecule is CCC(N)(CCCN1CCN(CC(F)(F)F)CC1)C(=O)O. The Bertz CT molecular complexity index is 344. The summed E-state index contributed by atoms with van der Waals surface area (Å²) in [4.78, 5) is 14.5. The minimum atomic E-state index is -4.15. The molecule has 0 radical (unpaired) electrons. The van der Waals surface area contributed by atoms with E-state index in [1.165, 1.54) is 4.90 Å². The number of carboxylic acids is 1. The number of rotatable bonds is 7. The molecule has 1 aliphatic heterocycles. The lowest BCUT2D eigenvalue weighted by Gasteiger charge is -2.35. The molecule has 0 aromatic carbocycles. The Kier molecular flexibility index (Phi) is 6.42. The lowest BCUT2D eigenvalue weighted by molar-refractivity contribution is -0.149. The zero-order valence-electron chi connectivity index (χ0n) is 12.3. The monoisotopic (exact) mass is 311 g/mol. The highest BCUT2D eigenvalue weighted by Gasteiger charge is 2.33. The molecule has 0 aliphatic carbocycles. The van der Waals surface area contributed by atoms with Crippen molar-refractivity contribution >= 4 is 5.97 Å². The van der Waals surface area contributed by atoms with Crippen LogP contribution < -0.4 is 5.73 Å². The number of aliphatic carboxylic acids is 1. The Hall–Kier alpha value is -0.860. The number of hydrogen-bond acceptors (Lipinski definition) is 4. The van der Waals surface area contributed by atoms with Gasteiger partial charge in [-0.3, -0.25) is 9.69 Å². The summed E-state index contributed by atoms with van der Waals surface area (Å²) in [5.74, 6) is -1.00. The fraction of sp³-hybridized carbons (Fsp3) is 0.923. The van der Waals surface area contributed by atoms with E-state index in [0.29, 0.717) is 52.0 Å². The van der Waals surface area contributed by atoms with E-state index in [4.69, 9.17) is 10.8 Å². The summed E-state index contributed by atoms with van der Waals surface area (Å²) in [6.07, 6.45) is -2.77. The molecule has 1 fully saturated rings. The van der Waals surface area contributed by atoms with Gasteiger partial charge in [0.2, 0.25) is 0 Å². The van der Waals surface area contributed by atoms with Crippen LogP contribution in [0.15, 0.2) is 0 Å². The first kappa shape index (κ1) is 18.2. The number of halogens is 3. The molecule has 1 unspecified atom stereocenters. The van der Waals surface area contributed by atoms with E-state index in [2.05, 4.69) is 4.90 Å². The molecule has 0 bridgehead atoms. The lowest BCUT2D eigenvalue weighted by Crippen LogP contribution is -2.50. The van der Waals surface area contributed by atoms with E-state index in [-0.39, 0.29) is 0 Å². The summed E-state index contributed by atoms with van der Waals surface area (Å²) >= 11 is 0. The van der Waals surface area contributed by atoms with Crippen LogP contribution in [0.3, 0.4) is 0 Å². The number of carboxylic acid groups (broad SMARTS) is 1. The summed E-state index contributed by atoms with van der Waals surface area (Å²) in [5, 5.41) is 9.06. The van der Waals surface area contributed by atoms with Crippen molar-refractivity contribution in [2.75, 3.05) is 39.3 Å². The molecule has 8 heteroatoms. The summed E-state index contributed by atoms with van der Waals surface area (Å²) in [5.41, 5.74) is 4.60. The van der Waals surface area contributed by atoms with Crippen LogP contribution in [-0.4, -0.2) is 71.9 Å². The molecule has 1 rings (SSSR count). The molecule has 1 atom stereocenters. The molecule has 0 amide bonds. The van der Waals surface area contributed by atoms with E-state index in [0.717, 1.165) is 0 Å². The fourth-order valence-electron chi connectivity index (χ4n) is 2.48. The van der Waals surface area contributed by atoms with Crippen LogP contribution in [-0.2, 0) is 4.79 Å². The van der Waals surface area contributed by atoms with Crippen molar-refractivity contribution in [3.8, 4) is 0 Å². The molecule has 1 heterocycles. The zero-order chi connectivity index (χ0) is 16.1. The number of alkyl halides is 3. The molecule has 0 aromatic heterocycles. The summed E-state index contributed by atoms with van der Waals surface area (Å²) < 4.78 is 36.8. The Labute approximate surface area is 122 Å². The molecule has 0 saturated carbocycles. The summed E-state index contributed by atoms with van der Waals surface area (Å²) in [6.45, 7) is 3.48. The van der Waals surface area contributed by atoms with Gasteiger partial charge in [-0.25, -0.2) is 0 Å². The first-order valence-corrected chi connectivity index (χ1v) is 7.20. The molecule has 3 N–H and O–H groups in total. The van der Waals surface area contributed by atoms with Gasteiger partial charge >= 0.3 is 12.1 Å². The fourth-order valence-corrected chi connectivity index (χ4v) is 2.48. The number of piperazine rings is 1. The van der Waals surface area contributed by atoms with Crippen molar-refractivity contribution in [3.63, 3.8) is 0 Å². The Morgan fingerprint density at radius 2 is 1.71 bits per heavy atom. The maximum atomic E-state index is 12.3. The average Bonchev–Trinajstić information content (AvgIpc) is 2.38. The van der Waals surface area contributed by atoms with Crippen molar-refractivity contribution in [2.24, 2.45) is 5.73 Å². The van der Waals surface area contributed by atoms with Gasteiger partial charge in [0.25, 0.3) is 0 Å². The van der Waals surface area contributed by atoms with E-state index in [9.17, 15) is 18.0 Å². The van der Waals surface area contributed by atoms with Crippen molar-refractivity contribution in [2.45, 2.75) is 37.9 Å². The van der Waals surface area contributed by atoms with Crippen LogP contribution >= 0.6 is 0 Å². The summed E-state index contributed by atoms with van der Waals surface area (Å²) in [6, 6.07) is 0. The normalized spacial score (nSPS) is 21.2. The molecule has 5 nitrogen and oxygen atoms in total. The van der Waals surface area contributed by atoms with Gasteiger partial charge < -0.3 is 15.7 Å². The van der Waals surface area contributed by atoms with Crippen LogP contribution in [0.2, 0.25) is 0 Å². The standard InChI is InChI=1S/C13H24F3N3O2/c1-2-12(17,11(20)21)4-3-5-18-6-8-19(9-7-18)10-13(14,15)16/h2-10,17H2,1H3,(H,20,21). The van der Waals surface area contributed by atoms with Crippen molar-refractivity contribution < 1.29 is 23.1 Å². The van der Waals surface area contributed by atoms with E-state index < -0.39 is 24.2 Å². The smallest absolute Gasteiger partial charge is 0.401 e. The van der Waals surface area contributed by atoms with Crippen LogP contribution in [0.5, 0.6) is 0 Å². The second-order valence-electron chi connectivity index (χ2n) is 5.65. The van der Waals surface area contributed by atoms with Gasteiger partial charge in [0.1, 0.15) is 5.54 Å². The molecule has 0 aromatic rings. The van der Waals surface area contributed by atoms with Crippen LogP contribution in [0.25, 0.3) is 0 Å². The second kappa shape index (κ2) is 7.42. The van der Waals surface area contributed by atoms with Gasteiger partial charge in [0.05, 0.1) is 6.54 Å². The van der Waals surface area contributed by atoms with Crippen LogP contribution in [0, 0.1) is 0 Å². The second-order valence-corrected chi connectivity index (χ2v) is 5.65. The number of nitrogens with two attached hydrogens (primary N) is 1. The highest BCUT2D eigenvalue weighted by atomic mass is 19.4. The first-order valence-electron chi connectivity index (χ1n) is 7.20. The van der Waals surface area contributed by atoms with E-state index in [1.54, 1.807) is 6.92 Å². The molecule has 21 heavy (non-hydrogen) atoms. The predicted octanol–water partition coefficient (Wildman–Crippen LogP) is 1.14. The van der Waals surface area contributed by atoms with E-state index in [1.807, 2.05) is 0 Å². The van der Waals surface area contributed by atoms with Gasteiger partial charge in [-0.2, -0.15) is 13.2 Å². The third-order valence-corrected chi connectivity index (χ3v) is 4.02. The topological polar surface area (TPSA) is 69.8 Å². The third-order valence-electron chi connectivity index (χ3n) is 4.02. The van der Waals surface area contributed by atoms with Crippen LogP contribution in [0.1, 0.15) is 26.2 Å². The van der Waals surface area contributed by atoms with Crippen molar-refractivity contribution in [3.05, 3.63) is 0 Å². The van der Waals surface area contributed by atoms with Gasteiger partial charge in [-0.05, 0) is 25.8 Å². The van der Waals surface area contributed by atoms with Gasteiger partial charge in [0.15, 0.2) is 0 Å². The quantitative estimate of drug-likeness (QED) is 0.738. The highest BCUT2D eigenvalue weighted by molar-refractivity contribution is 5.78. The maximum absolute atomic E-state index is 12.3. The van der Waals surface area contributed by atoms with Gasteiger partial charge in [0, 0.05) is 26.2 Å². The molecular formula is C13H24F3N3O2. The van der Waals surface area contributed by atoms with Gasteiger partial charge in [-0.15, -0.1) is 0 Å². The largest absolute Gasteiger partial charge is 0.480 e. The lowest BCUT2D eigenvalue weighted by atomic mass is 9.92. The van der Waals surface area contributed by atoms with E-state index >= 15 is 0 Å². The predicted molar refractivity (Wildman–Crippen MR) is 73.0 cm³/mol. The number of nitrogens with zero attached hydrogens (tertiary/aromatic N) is 2. The minimum absolute atomic E-state index is 0.363. The van der Waals surface area contributed by atoms with Gasteiger partial charge in [-0.1, -0.05) is 6.92 Å². The molecular weight excluding hydrogens is 287 g/mol. The molecule has 124 valence electrons. The Morgan fingerprint density at radius 3 is 2.14 bits per heavy atom. The Morgan fingerprint density at radius 1 is 1.19 bits per heavy atom. The maximum Gasteiger partial charge on any atom is 0.401 e. The molecule has 0 spiro atoms. The zero-order valence-corrected chi connectivity index (χ0v) is 12.3. The molecule has 1 saturated heterocycles. The first-order chi connectivity index (χ1) is 9.66. The van der Waals surface area contributed by atoms with Crippen molar-refractivity contribution in [1.29, 1.82) is 0 Å². The Balaban J connectivity index is 2.26. The minimum Gasteiger partial charge on any atom is -0.480 e.